The number of amides is 2. The van der Waals surface area contributed by atoms with Crippen LogP contribution in [0.15, 0.2) is 10.6 Å². The van der Waals surface area contributed by atoms with E-state index in [9.17, 15) is 18.4 Å². The third-order valence-corrected chi connectivity index (χ3v) is 8.24. The molecule has 1 aromatic heterocycles. The zero-order chi connectivity index (χ0) is 25.0. The van der Waals surface area contributed by atoms with Gasteiger partial charge >= 0.3 is 5.92 Å². The Kier molecular flexibility index (Phi) is 10.3. The highest BCUT2D eigenvalue weighted by Gasteiger charge is 2.49. The molecular weight excluding hydrogens is 514 g/mol. The number of nitrogens with two attached hydrogens (primary N) is 1. The summed E-state index contributed by atoms with van der Waals surface area (Å²) in [5.74, 6) is -3.44. The number of aromatic nitrogens is 1. The van der Waals surface area contributed by atoms with E-state index in [-0.39, 0.29) is 43.2 Å². The molecule has 2 amide bonds. The summed E-state index contributed by atoms with van der Waals surface area (Å²) in [5, 5.41) is 9.30. The summed E-state index contributed by atoms with van der Waals surface area (Å²) in [7, 11) is 0. The van der Waals surface area contributed by atoms with Gasteiger partial charge in [0.1, 0.15) is 0 Å². The van der Waals surface area contributed by atoms with Crippen LogP contribution in [0, 0.1) is 23.7 Å². The van der Waals surface area contributed by atoms with Gasteiger partial charge < -0.3 is 25.6 Å². The van der Waals surface area contributed by atoms with Crippen LogP contribution in [-0.4, -0.2) is 53.9 Å². The molecule has 0 spiro atoms. The van der Waals surface area contributed by atoms with Crippen molar-refractivity contribution in [2.24, 2.45) is 29.4 Å². The molecular formula is C24H37ClF2N4O4S. The number of nitrogens with zero attached hydrogens (tertiary/aromatic N) is 1. The van der Waals surface area contributed by atoms with Gasteiger partial charge in [-0.15, -0.1) is 12.4 Å². The Labute approximate surface area is 222 Å². The van der Waals surface area contributed by atoms with Crippen LogP contribution < -0.4 is 21.1 Å². The van der Waals surface area contributed by atoms with Crippen molar-refractivity contribution in [1.82, 2.24) is 15.8 Å². The molecule has 36 heavy (non-hydrogen) atoms. The SMILES string of the molecule is Cl.NCCNC(=O)C(F)(F)COc1cc(C(=O)NC2C3CC4CC(C3)CC2C4)on1.SC1CCCC1. The van der Waals surface area contributed by atoms with E-state index in [2.05, 4.69) is 23.1 Å². The molecule has 1 heterocycles. The quantitative estimate of drug-likeness (QED) is 0.367. The van der Waals surface area contributed by atoms with Crippen molar-refractivity contribution < 1.29 is 27.6 Å². The molecule has 204 valence electrons. The van der Waals surface area contributed by atoms with Crippen molar-refractivity contribution in [2.45, 2.75) is 75.0 Å². The average molecular weight is 551 g/mol. The molecule has 0 radical (unpaired) electrons. The fourth-order valence-corrected chi connectivity index (χ4v) is 6.63. The lowest BCUT2D eigenvalue weighted by Crippen LogP contribution is -2.55. The van der Waals surface area contributed by atoms with Crippen LogP contribution in [0.1, 0.15) is 68.3 Å². The van der Waals surface area contributed by atoms with Gasteiger partial charge in [0, 0.05) is 24.4 Å². The molecule has 6 rings (SSSR count). The summed E-state index contributed by atoms with van der Waals surface area (Å²) < 4.78 is 37.3. The molecule has 0 unspecified atom stereocenters. The number of carbonyl (C=O) groups is 2. The predicted octanol–water partition coefficient (Wildman–Crippen LogP) is 3.60. The van der Waals surface area contributed by atoms with E-state index in [1.807, 2.05) is 5.32 Å². The summed E-state index contributed by atoms with van der Waals surface area (Å²) in [5.41, 5.74) is 5.17. The standard InChI is InChI=1S/C19H26F2N4O4.C5H10S.ClH/c20-19(21,18(27)23-2-1-22)9-28-15-8-14(29-25-15)17(26)24-16-12-4-10-3-11(6-12)7-13(16)5-10;6-5-3-1-2-4-5;/h8,10-13,16H,1-7,9,22H2,(H,23,27)(H,24,26);5-6H,1-4H2;1H. The van der Waals surface area contributed by atoms with Crippen molar-refractivity contribution >= 4 is 36.9 Å². The number of alkyl halides is 2. The second-order valence-electron chi connectivity index (χ2n) is 10.4. The smallest absolute Gasteiger partial charge is 0.357 e. The molecule has 5 aliphatic carbocycles. The summed E-state index contributed by atoms with van der Waals surface area (Å²) in [6.45, 7) is -1.23. The molecule has 4 bridgehead atoms. The van der Waals surface area contributed by atoms with Crippen molar-refractivity contribution in [3.05, 3.63) is 11.8 Å². The molecule has 4 N–H and O–H groups in total. The number of hydrogen-bond donors (Lipinski definition) is 4. The van der Waals surface area contributed by atoms with E-state index in [1.54, 1.807) is 0 Å². The molecule has 5 fully saturated rings. The third kappa shape index (κ3) is 7.25. The highest BCUT2D eigenvalue weighted by Crippen LogP contribution is 2.53. The van der Waals surface area contributed by atoms with Crippen LogP contribution in [0.4, 0.5) is 8.78 Å². The third-order valence-electron chi connectivity index (χ3n) is 7.72. The van der Waals surface area contributed by atoms with Gasteiger partial charge in [-0.2, -0.15) is 21.4 Å². The highest BCUT2D eigenvalue weighted by molar-refractivity contribution is 7.80. The van der Waals surface area contributed by atoms with Crippen molar-refractivity contribution in [3.63, 3.8) is 0 Å². The maximum absolute atomic E-state index is 13.8. The van der Waals surface area contributed by atoms with Crippen LogP contribution in [0.3, 0.4) is 0 Å². The lowest BCUT2D eigenvalue weighted by molar-refractivity contribution is -0.149. The largest absolute Gasteiger partial charge is 0.468 e. The van der Waals surface area contributed by atoms with Gasteiger partial charge in [0.15, 0.2) is 6.61 Å². The van der Waals surface area contributed by atoms with Crippen molar-refractivity contribution in [1.29, 1.82) is 0 Å². The first-order valence-electron chi connectivity index (χ1n) is 12.7. The Morgan fingerprint density at radius 1 is 1.14 bits per heavy atom. The van der Waals surface area contributed by atoms with Gasteiger partial charge in [-0.1, -0.05) is 12.8 Å². The van der Waals surface area contributed by atoms with Crippen LogP contribution in [-0.2, 0) is 4.79 Å². The summed E-state index contributed by atoms with van der Waals surface area (Å²) >= 11 is 4.29. The molecule has 0 saturated heterocycles. The monoisotopic (exact) mass is 550 g/mol. The number of rotatable bonds is 8. The summed E-state index contributed by atoms with van der Waals surface area (Å²) in [4.78, 5) is 23.9. The Balaban J connectivity index is 0.000000453. The van der Waals surface area contributed by atoms with E-state index < -0.39 is 24.3 Å². The first-order chi connectivity index (χ1) is 16.7. The zero-order valence-electron chi connectivity index (χ0n) is 20.3. The number of nitrogens with one attached hydrogen (secondary N) is 2. The Morgan fingerprint density at radius 3 is 2.28 bits per heavy atom. The van der Waals surface area contributed by atoms with E-state index in [1.165, 1.54) is 38.2 Å². The molecule has 8 nitrogen and oxygen atoms in total. The first kappa shape index (κ1) is 29.0. The molecule has 5 aliphatic rings. The normalized spacial score (nSPS) is 28.6. The van der Waals surface area contributed by atoms with Gasteiger partial charge in [0.25, 0.3) is 17.7 Å². The Bertz CT molecular complexity index is 856. The minimum Gasteiger partial charge on any atom is -0.468 e. The van der Waals surface area contributed by atoms with E-state index >= 15 is 0 Å². The van der Waals surface area contributed by atoms with E-state index in [4.69, 9.17) is 15.0 Å². The van der Waals surface area contributed by atoms with Crippen LogP contribution in [0.5, 0.6) is 5.88 Å². The summed E-state index contributed by atoms with van der Waals surface area (Å²) in [6, 6.07) is 1.29. The molecule has 1 aromatic rings. The second-order valence-corrected chi connectivity index (χ2v) is 11.2. The van der Waals surface area contributed by atoms with Crippen LogP contribution >= 0.6 is 25.0 Å². The molecule has 0 aliphatic heterocycles. The fraction of sp³-hybridized carbons (Fsp3) is 0.792. The number of halogens is 3. The van der Waals surface area contributed by atoms with E-state index in [0.717, 1.165) is 42.8 Å². The number of thiol groups is 1. The Hall–Kier alpha value is -1.59. The lowest BCUT2D eigenvalue weighted by Gasteiger charge is -2.54. The molecule has 5 saturated carbocycles. The minimum atomic E-state index is -3.75. The van der Waals surface area contributed by atoms with Gasteiger partial charge in [-0.05, 0) is 73.8 Å². The first-order valence-corrected chi connectivity index (χ1v) is 13.2. The average Bonchev–Trinajstić information content (AvgIpc) is 3.50. The molecule has 12 heteroatoms. The van der Waals surface area contributed by atoms with Gasteiger partial charge in [0.05, 0.1) is 6.07 Å². The topological polar surface area (TPSA) is 119 Å². The van der Waals surface area contributed by atoms with Crippen molar-refractivity contribution in [3.8, 4) is 5.88 Å². The van der Waals surface area contributed by atoms with Gasteiger partial charge in [-0.25, -0.2) is 0 Å². The number of carbonyl (C=O) groups excluding carboxylic acids is 2. The minimum absolute atomic E-state index is 0. The predicted molar refractivity (Wildman–Crippen MR) is 136 cm³/mol. The maximum Gasteiger partial charge on any atom is 0.357 e. The lowest BCUT2D eigenvalue weighted by atomic mass is 9.54. The van der Waals surface area contributed by atoms with Crippen LogP contribution in [0.25, 0.3) is 0 Å². The highest BCUT2D eigenvalue weighted by atomic mass is 35.5. The van der Waals surface area contributed by atoms with Gasteiger partial charge in [-0.3, -0.25) is 9.59 Å². The van der Waals surface area contributed by atoms with Gasteiger partial charge in [0.2, 0.25) is 5.76 Å². The number of ether oxygens (including phenoxy) is 1. The Morgan fingerprint density at radius 2 is 1.75 bits per heavy atom. The van der Waals surface area contributed by atoms with Crippen LogP contribution in [0.2, 0.25) is 0 Å². The second kappa shape index (κ2) is 12.8. The molecule has 0 atom stereocenters. The summed E-state index contributed by atoms with van der Waals surface area (Å²) in [6.07, 6.45) is 11.5. The van der Waals surface area contributed by atoms with E-state index in [0.29, 0.717) is 11.8 Å². The fourth-order valence-electron chi connectivity index (χ4n) is 6.27. The zero-order valence-corrected chi connectivity index (χ0v) is 22.0. The number of hydrogen-bond acceptors (Lipinski definition) is 7. The molecule has 0 aromatic carbocycles. The van der Waals surface area contributed by atoms with Crippen molar-refractivity contribution in [2.75, 3.05) is 19.7 Å². The maximum atomic E-state index is 13.8.